The standard InChI is InChI=1S/C18H20F3N3O/c1-12-10-16(22-17(25)13-6-3-2-4-7-13)24(23-12)15-9-5-8-14(11-15)18(19,20)21/h5,8-11,13H,2-4,6-7H2,1H3,(H,22,25). The molecule has 1 saturated carbocycles. The molecule has 2 aromatic rings. The number of nitrogens with one attached hydrogen (secondary N) is 1. The van der Waals surface area contributed by atoms with E-state index < -0.39 is 11.7 Å². The van der Waals surface area contributed by atoms with Crippen molar-refractivity contribution >= 4 is 11.7 Å². The Labute approximate surface area is 144 Å². The van der Waals surface area contributed by atoms with Crippen LogP contribution in [-0.4, -0.2) is 15.7 Å². The van der Waals surface area contributed by atoms with Crippen LogP contribution in [0.5, 0.6) is 0 Å². The molecule has 1 aromatic carbocycles. The zero-order chi connectivity index (χ0) is 18.0. The van der Waals surface area contributed by atoms with Crippen molar-refractivity contribution in [2.45, 2.75) is 45.2 Å². The monoisotopic (exact) mass is 351 g/mol. The lowest BCUT2D eigenvalue weighted by molar-refractivity contribution is -0.137. The van der Waals surface area contributed by atoms with Crippen LogP contribution in [0.3, 0.4) is 0 Å². The summed E-state index contributed by atoms with van der Waals surface area (Å²) >= 11 is 0. The number of anilines is 1. The van der Waals surface area contributed by atoms with Gasteiger partial charge in [-0.15, -0.1) is 0 Å². The average molecular weight is 351 g/mol. The van der Waals surface area contributed by atoms with Crippen LogP contribution in [0.2, 0.25) is 0 Å². The number of halogens is 3. The second kappa shape index (κ2) is 6.90. The zero-order valence-corrected chi connectivity index (χ0v) is 13.9. The molecule has 1 aliphatic carbocycles. The highest BCUT2D eigenvalue weighted by molar-refractivity contribution is 5.92. The van der Waals surface area contributed by atoms with E-state index in [-0.39, 0.29) is 17.5 Å². The summed E-state index contributed by atoms with van der Waals surface area (Å²) in [4.78, 5) is 12.5. The van der Waals surface area contributed by atoms with Crippen LogP contribution in [0.15, 0.2) is 30.3 Å². The minimum atomic E-state index is -4.43. The summed E-state index contributed by atoms with van der Waals surface area (Å²) in [5, 5.41) is 7.07. The van der Waals surface area contributed by atoms with Gasteiger partial charge in [0.25, 0.3) is 0 Å². The van der Waals surface area contributed by atoms with E-state index in [0.717, 1.165) is 44.2 Å². The second-order valence-electron chi connectivity index (χ2n) is 6.46. The van der Waals surface area contributed by atoms with Gasteiger partial charge < -0.3 is 5.32 Å². The van der Waals surface area contributed by atoms with Gasteiger partial charge >= 0.3 is 6.18 Å². The predicted molar refractivity (Wildman–Crippen MR) is 88.5 cm³/mol. The molecule has 1 amide bonds. The lowest BCUT2D eigenvalue weighted by Crippen LogP contribution is -2.25. The van der Waals surface area contributed by atoms with E-state index in [2.05, 4.69) is 10.4 Å². The molecule has 0 unspecified atom stereocenters. The van der Waals surface area contributed by atoms with Gasteiger partial charge in [-0.3, -0.25) is 4.79 Å². The lowest BCUT2D eigenvalue weighted by atomic mass is 9.89. The van der Waals surface area contributed by atoms with E-state index in [1.807, 2.05) is 0 Å². The van der Waals surface area contributed by atoms with E-state index in [9.17, 15) is 18.0 Å². The van der Waals surface area contributed by atoms with Gasteiger partial charge in [-0.25, -0.2) is 4.68 Å². The number of hydrogen-bond acceptors (Lipinski definition) is 2. The summed E-state index contributed by atoms with van der Waals surface area (Å²) in [6.45, 7) is 1.74. The molecule has 1 fully saturated rings. The molecule has 0 radical (unpaired) electrons. The molecule has 3 rings (SSSR count). The molecule has 0 saturated heterocycles. The average Bonchev–Trinajstić information content (AvgIpc) is 2.95. The van der Waals surface area contributed by atoms with E-state index in [1.165, 1.54) is 16.8 Å². The number of carbonyl (C=O) groups is 1. The van der Waals surface area contributed by atoms with Crippen molar-refractivity contribution in [1.29, 1.82) is 0 Å². The first-order valence-corrected chi connectivity index (χ1v) is 8.40. The molecule has 1 aromatic heterocycles. The first kappa shape index (κ1) is 17.5. The lowest BCUT2D eigenvalue weighted by Gasteiger charge is -2.21. The maximum atomic E-state index is 12.9. The second-order valence-corrected chi connectivity index (χ2v) is 6.46. The summed E-state index contributed by atoms with van der Waals surface area (Å²) in [7, 11) is 0. The molecule has 0 bridgehead atoms. The summed E-state index contributed by atoms with van der Waals surface area (Å²) in [6, 6.07) is 6.59. The first-order chi connectivity index (χ1) is 11.8. The van der Waals surface area contributed by atoms with Crippen molar-refractivity contribution in [3.8, 4) is 5.69 Å². The van der Waals surface area contributed by atoms with Crippen LogP contribution in [0.25, 0.3) is 5.69 Å². The maximum Gasteiger partial charge on any atom is 0.416 e. The molecular weight excluding hydrogens is 331 g/mol. The fraction of sp³-hybridized carbons (Fsp3) is 0.444. The van der Waals surface area contributed by atoms with Crippen LogP contribution >= 0.6 is 0 Å². The largest absolute Gasteiger partial charge is 0.416 e. The fourth-order valence-electron chi connectivity index (χ4n) is 3.19. The minimum Gasteiger partial charge on any atom is -0.310 e. The minimum absolute atomic E-state index is 0.0427. The molecule has 1 N–H and O–H groups in total. The summed E-state index contributed by atoms with van der Waals surface area (Å²) in [6.07, 6.45) is 0.480. The van der Waals surface area contributed by atoms with Gasteiger partial charge in [-0.1, -0.05) is 25.3 Å². The highest BCUT2D eigenvalue weighted by Gasteiger charge is 2.31. The zero-order valence-electron chi connectivity index (χ0n) is 13.9. The Kier molecular flexibility index (Phi) is 4.83. The van der Waals surface area contributed by atoms with E-state index in [4.69, 9.17) is 0 Å². The number of aromatic nitrogens is 2. The van der Waals surface area contributed by atoms with Crippen LogP contribution < -0.4 is 5.32 Å². The molecule has 4 nitrogen and oxygen atoms in total. The van der Waals surface area contributed by atoms with Crippen molar-refractivity contribution < 1.29 is 18.0 Å². The van der Waals surface area contributed by atoms with Gasteiger partial charge in [0.1, 0.15) is 5.82 Å². The summed E-state index contributed by atoms with van der Waals surface area (Å²) in [5.41, 5.74) is 0.140. The normalized spacial score (nSPS) is 16.0. The number of carbonyl (C=O) groups excluding carboxylic acids is 1. The Hall–Kier alpha value is -2.31. The number of alkyl halides is 3. The van der Waals surface area contributed by atoms with Crippen molar-refractivity contribution in [2.75, 3.05) is 5.32 Å². The predicted octanol–water partition coefficient (Wildman–Crippen LogP) is 4.72. The number of aryl methyl sites for hydroxylation is 1. The van der Waals surface area contributed by atoms with Crippen molar-refractivity contribution in [3.63, 3.8) is 0 Å². The van der Waals surface area contributed by atoms with Gasteiger partial charge in [-0.05, 0) is 38.0 Å². The van der Waals surface area contributed by atoms with Crippen LogP contribution in [0, 0.1) is 12.8 Å². The molecule has 1 heterocycles. The number of nitrogens with zero attached hydrogens (tertiary/aromatic N) is 2. The van der Waals surface area contributed by atoms with Gasteiger partial charge in [0.15, 0.2) is 0 Å². The Morgan fingerprint density at radius 3 is 2.60 bits per heavy atom. The third-order valence-corrected chi connectivity index (χ3v) is 4.48. The van der Waals surface area contributed by atoms with Crippen molar-refractivity contribution in [2.24, 2.45) is 5.92 Å². The Morgan fingerprint density at radius 2 is 1.92 bits per heavy atom. The van der Waals surface area contributed by atoms with Gasteiger partial charge in [0.2, 0.25) is 5.91 Å². The van der Waals surface area contributed by atoms with Crippen LogP contribution in [0.1, 0.15) is 43.4 Å². The number of benzene rings is 1. The molecule has 1 aliphatic rings. The summed E-state index contributed by atoms with van der Waals surface area (Å²) in [5.74, 6) is 0.263. The number of rotatable bonds is 3. The molecule has 134 valence electrons. The highest BCUT2D eigenvalue weighted by Crippen LogP contribution is 2.31. The Bertz CT molecular complexity index is 761. The maximum absolute atomic E-state index is 12.9. The van der Waals surface area contributed by atoms with Crippen LogP contribution in [-0.2, 0) is 11.0 Å². The molecule has 25 heavy (non-hydrogen) atoms. The Balaban J connectivity index is 1.87. The molecule has 0 spiro atoms. The molecular formula is C18H20F3N3O. The molecule has 0 aliphatic heterocycles. The first-order valence-electron chi connectivity index (χ1n) is 8.40. The van der Waals surface area contributed by atoms with E-state index in [1.54, 1.807) is 13.0 Å². The topological polar surface area (TPSA) is 46.9 Å². The molecule has 7 heteroatoms. The third kappa shape index (κ3) is 4.03. The summed E-state index contributed by atoms with van der Waals surface area (Å²) < 4.78 is 40.2. The van der Waals surface area contributed by atoms with Gasteiger partial charge in [-0.2, -0.15) is 18.3 Å². The fourth-order valence-corrected chi connectivity index (χ4v) is 3.19. The number of hydrogen-bond donors (Lipinski definition) is 1. The SMILES string of the molecule is Cc1cc(NC(=O)C2CCCCC2)n(-c2cccc(C(F)(F)F)c2)n1. The highest BCUT2D eigenvalue weighted by atomic mass is 19.4. The Morgan fingerprint density at radius 1 is 1.20 bits per heavy atom. The number of amides is 1. The van der Waals surface area contributed by atoms with Crippen molar-refractivity contribution in [3.05, 3.63) is 41.6 Å². The quantitative estimate of drug-likeness (QED) is 0.870. The third-order valence-electron chi connectivity index (χ3n) is 4.48. The van der Waals surface area contributed by atoms with E-state index >= 15 is 0 Å². The smallest absolute Gasteiger partial charge is 0.310 e. The van der Waals surface area contributed by atoms with Crippen LogP contribution in [0.4, 0.5) is 19.0 Å². The molecule has 0 atom stereocenters. The van der Waals surface area contributed by atoms with E-state index in [0.29, 0.717) is 11.5 Å². The van der Waals surface area contributed by atoms with Gasteiger partial charge in [0, 0.05) is 12.0 Å². The van der Waals surface area contributed by atoms with Gasteiger partial charge in [0.05, 0.1) is 16.9 Å². The van der Waals surface area contributed by atoms with Crippen molar-refractivity contribution in [1.82, 2.24) is 9.78 Å².